The van der Waals surface area contributed by atoms with Crippen molar-refractivity contribution >= 4 is 22.5 Å². The van der Waals surface area contributed by atoms with E-state index in [0.29, 0.717) is 11.1 Å². The summed E-state index contributed by atoms with van der Waals surface area (Å²) in [5.41, 5.74) is 4.29. The van der Waals surface area contributed by atoms with Gasteiger partial charge in [0.1, 0.15) is 0 Å². The highest BCUT2D eigenvalue weighted by Crippen LogP contribution is 2.26. The van der Waals surface area contributed by atoms with E-state index < -0.39 is 0 Å². The minimum absolute atomic E-state index is 0.514. The first-order chi connectivity index (χ1) is 12.2. The van der Waals surface area contributed by atoms with Crippen molar-refractivity contribution in [2.75, 3.05) is 13.6 Å². The van der Waals surface area contributed by atoms with Gasteiger partial charge in [-0.1, -0.05) is 48.0 Å². The van der Waals surface area contributed by atoms with Gasteiger partial charge in [-0.25, -0.2) is 4.98 Å². The van der Waals surface area contributed by atoms with E-state index in [9.17, 15) is 0 Å². The summed E-state index contributed by atoms with van der Waals surface area (Å²) in [6, 6.07) is 18.9. The van der Waals surface area contributed by atoms with Gasteiger partial charge in [0.15, 0.2) is 0 Å². The summed E-state index contributed by atoms with van der Waals surface area (Å²) in [7, 11) is 2.00. The third-order valence-corrected chi connectivity index (χ3v) is 4.72. The van der Waals surface area contributed by atoms with Gasteiger partial charge in [-0.3, -0.25) is 0 Å². The van der Waals surface area contributed by atoms with E-state index in [1.54, 1.807) is 0 Å². The molecule has 1 heterocycles. The van der Waals surface area contributed by atoms with Crippen LogP contribution in [0.25, 0.3) is 22.2 Å². The third kappa shape index (κ3) is 4.57. The van der Waals surface area contributed by atoms with Gasteiger partial charge in [-0.15, -0.1) is 0 Å². The molecule has 1 aromatic heterocycles. The molecular formula is C21H24ClN3. The zero-order valence-corrected chi connectivity index (χ0v) is 15.5. The molecule has 0 amide bonds. The molecule has 1 unspecified atom stereocenters. The number of nitrogens with one attached hydrogen (secondary N) is 2. The van der Waals surface area contributed by atoms with Crippen LogP contribution in [0.4, 0.5) is 0 Å². The first kappa shape index (κ1) is 17.9. The molecule has 2 N–H and O–H groups in total. The second-order valence-electron chi connectivity index (χ2n) is 6.35. The summed E-state index contributed by atoms with van der Waals surface area (Å²) in [6.07, 6.45) is 1.09. The second kappa shape index (κ2) is 8.43. The number of rotatable bonds is 7. The highest BCUT2D eigenvalue weighted by molar-refractivity contribution is 6.31. The topological polar surface area (TPSA) is 37.0 Å². The van der Waals surface area contributed by atoms with Gasteiger partial charge in [-0.05, 0) is 50.7 Å². The normalized spacial score (nSPS) is 12.4. The van der Waals surface area contributed by atoms with Gasteiger partial charge in [-0.2, -0.15) is 0 Å². The lowest BCUT2D eigenvalue weighted by atomic mass is 10.0. The Balaban J connectivity index is 1.89. The highest BCUT2D eigenvalue weighted by atomic mass is 35.5. The smallest absolute Gasteiger partial charge is 0.0727 e. The van der Waals surface area contributed by atoms with Crippen molar-refractivity contribution < 1.29 is 0 Å². The lowest BCUT2D eigenvalue weighted by Crippen LogP contribution is -2.26. The first-order valence-electron chi connectivity index (χ1n) is 8.70. The molecular weight excluding hydrogens is 330 g/mol. The number of pyridine rings is 1. The van der Waals surface area contributed by atoms with Crippen molar-refractivity contribution in [1.82, 2.24) is 15.6 Å². The molecule has 130 valence electrons. The molecule has 4 heteroatoms. The molecule has 3 aromatic rings. The summed E-state index contributed by atoms with van der Waals surface area (Å²) >= 11 is 6.18. The Morgan fingerprint density at radius 1 is 1.08 bits per heavy atom. The fourth-order valence-electron chi connectivity index (χ4n) is 2.86. The number of fused-ring (bicyclic) bond motifs is 1. The van der Waals surface area contributed by atoms with Crippen LogP contribution < -0.4 is 10.6 Å². The van der Waals surface area contributed by atoms with E-state index in [1.807, 2.05) is 37.4 Å². The minimum Gasteiger partial charge on any atom is -0.317 e. The lowest BCUT2D eigenvalue weighted by Gasteiger charge is -2.13. The van der Waals surface area contributed by atoms with Gasteiger partial charge < -0.3 is 10.6 Å². The SMILES string of the molecule is CNC(C)CCNCc1cc(-c2ccccc2)nc2cc(Cl)ccc12. The molecule has 0 saturated carbocycles. The van der Waals surface area contributed by atoms with Crippen LogP contribution in [0.3, 0.4) is 0 Å². The Kier molecular flexibility index (Phi) is 6.03. The van der Waals surface area contributed by atoms with Gasteiger partial charge in [0.2, 0.25) is 0 Å². The number of hydrogen-bond acceptors (Lipinski definition) is 3. The zero-order chi connectivity index (χ0) is 17.6. The summed E-state index contributed by atoms with van der Waals surface area (Å²) in [5.74, 6) is 0. The van der Waals surface area contributed by atoms with E-state index in [1.165, 1.54) is 5.56 Å². The van der Waals surface area contributed by atoms with Crippen molar-refractivity contribution in [3.63, 3.8) is 0 Å². The predicted molar refractivity (Wildman–Crippen MR) is 107 cm³/mol. The molecule has 3 rings (SSSR count). The van der Waals surface area contributed by atoms with Crippen molar-refractivity contribution in [2.24, 2.45) is 0 Å². The van der Waals surface area contributed by atoms with Crippen molar-refractivity contribution in [1.29, 1.82) is 0 Å². The monoisotopic (exact) mass is 353 g/mol. The van der Waals surface area contributed by atoms with Crippen LogP contribution in [0, 0.1) is 0 Å². The lowest BCUT2D eigenvalue weighted by molar-refractivity contribution is 0.529. The van der Waals surface area contributed by atoms with Crippen LogP contribution >= 0.6 is 11.6 Å². The summed E-state index contributed by atoms with van der Waals surface area (Å²) in [4.78, 5) is 4.81. The van der Waals surface area contributed by atoms with Gasteiger partial charge in [0, 0.05) is 28.6 Å². The molecule has 1 atom stereocenters. The number of halogens is 1. The Morgan fingerprint density at radius 2 is 1.88 bits per heavy atom. The second-order valence-corrected chi connectivity index (χ2v) is 6.79. The molecule has 0 spiro atoms. The van der Waals surface area contributed by atoms with Crippen LogP contribution in [0.2, 0.25) is 5.02 Å². The summed E-state index contributed by atoms with van der Waals surface area (Å²) in [6.45, 7) is 3.98. The highest BCUT2D eigenvalue weighted by Gasteiger charge is 2.08. The van der Waals surface area contributed by atoms with Crippen molar-refractivity contribution in [3.05, 3.63) is 65.2 Å². The molecule has 0 radical (unpaired) electrons. The maximum absolute atomic E-state index is 6.18. The van der Waals surface area contributed by atoms with Crippen LogP contribution in [-0.2, 0) is 6.54 Å². The molecule has 0 aliphatic carbocycles. The van der Waals surface area contributed by atoms with E-state index in [2.05, 4.69) is 41.8 Å². The van der Waals surface area contributed by atoms with Crippen LogP contribution in [-0.4, -0.2) is 24.6 Å². The molecule has 3 nitrogen and oxygen atoms in total. The molecule has 0 bridgehead atoms. The number of benzene rings is 2. The summed E-state index contributed by atoms with van der Waals surface area (Å²) in [5, 5.41) is 8.68. The Hall–Kier alpha value is -1.94. The van der Waals surface area contributed by atoms with Gasteiger partial charge in [0.05, 0.1) is 11.2 Å². The molecule has 0 aliphatic heterocycles. The van der Waals surface area contributed by atoms with Crippen molar-refractivity contribution in [2.45, 2.75) is 25.9 Å². The summed E-state index contributed by atoms with van der Waals surface area (Å²) < 4.78 is 0. The number of hydrogen-bond donors (Lipinski definition) is 2. The standard InChI is InChI=1S/C21H24ClN3/c1-15(23-2)10-11-24-14-17-12-20(16-6-4-3-5-7-16)25-21-13-18(22)8-9-19(17)21/h3-9,12-13,15,23-24H,10-11,14H2,1-2H3. The molecule has 0 saturated heterocycles. The van der Waals surface area contributed by atoms with Gasteiger partial charge >= 0.3 is 0 Å². The third-order valence-electron chi connectivity index (χ3n) is 4.49. The van der Waals surface area contributed by atoms with Crippen LogP contribution in [0.5, 0.6) is 0 Å². The zero-order valence-electron chi connectivity index (χ0n) is 14.7. The maximum Gasteiger partial charge on any atom is 0.0727 e. The number of nitrogens with zero attached hydrogens (tertiary/aromatic N) is 1. The van der Waals surface area contributed by atoms with E-state index in [0.717, 1.165) is 41.7 Å². The van der Waals surface area contributed by atoms with Crippen LogP contribution in [0.15, 0.2) is 54.6 Å². The fraction of sp³-hybridized carbons (Fsp3) is 0.286. The minimum atomic E-state index is 0.514. The Morgan fingerprint density at radius 3 is 2.64 bits per heavy atom. The predicted octanol–water partition coefficient (Wildman–Crippen LogP) is 4.64. The Bertz CT molecular complexity index is 833. The van der Waals surface area contributed by atoms with Gasteiger partial charge in [0.25, 0.3) is 0 Å². The quantitative estimate of drug-likeness (QED) is 0.607. The Labute approximate surface area is 154 Å². The fourth-order valence-corrected chi connectivity index (χ4v) is 3.03. The molecule has 0 aliphatic rings. The van der Waals surface area contributed by atoms with Crippen LogP contribution in [0.1, 0.15) is 18.9 Å². The maximum atomic E-state index is 6.18. The molecule has 2 aromatic carbocycles. The largest absolute Gasteiger partial charge is 0.317 e. The average molecular weight is 354 g/mol. The molecule has 25 heavy (non-hydrogen) atoms. The van der Waals surface area contributed by atoms with E-state index in [4.69, 9.17) is 16.6 Å². The van der Waals surface area contributed by atoms with E-state index >= 15 is 0 Å². The number of aromatic nitrogens is 1. The van der Waals surface area contributed by atoms with Crippen molar-refractivity contribution in [3.8, 4) is 11.3 Å². The average Bonchev–Trinajstić information content (AvgIpc) is 2.65. The first-order valence-corrected chi connectivity index (χ1v) is 9.08. The van der Waals surface area contributed by atoms with E-state index in [-0.39, 0.29) is 0 Å². The molecule has 0 fully saturated rings.